The maximum Gasteiger partial charge on any atom is 0.333 e. The van der Waals surface area contributed by atoms with Crippen LogP contribution in [0.3, 0.4) is 0 Å². The van der Waals surface area contributed by atoms with Gasteiger partial charge in [0.25, 0.3) is 0 Å². The summed E-state index contributed by atoms with van der Waals surface area (Å²) in [6.07, 6.45) is 0.903. The number of aliphatic hydroxyl groups is 1. The van der Waals surface area contributed by atoms with Gasteiger partial charge < -0.3 is 19.3 Å². The zero-order valence-electron chi connectivity index (χ0n) is 12.7. The second kappa shape index (κ2) is 8.78. The van der Waals surface area contributed by atoms with Gasteiger partial charge in [0, 0.05) is 17.2 Å². The monoisotopic (exact) mass is 312 g/mol. The predicted octanol–water partition coefficient (Wildman–Crippen LogP) is 0.685. The van der Waals surface area contributed by atoms with Gasteiger partial charge in [-0.1, -0.05) is 19.7 Å². The number of hydrogen-bond donors (Lipinski definition) is 1. The molecule has 0 aromatic carbocycles. The van der Waals surface area contributed by atoms with Crippen LogP contribution in [0.5, 0.6) is 0 Å². The lowest BCUT2D eigenvalue weighted by molar-refractivity contribution is -0.170. The number of esters is 3. The molecule has 0 spiro atoms. The van der Waals surface area contributed by atoms with Gasteiger partial charge in [-0.3, -0.25) is 0 Å². The fourth-order valence-electron chi connectivity index (χ4n) is 1.04. The van der Waals surface area contributed by atoms with Gasteiger partial charge in [-0.15, -0.1) is 0 Å². The van der Waals surface area contributed by atoms with Crippen molar-refractivity contribution in [3.05, 3.63) is 37.0 Å². The van der Waals surface area contributed by atoms with E-state index < -0.39 is 43.3 Å². The Kier molecular flexibility index (Phi) is 7.82. The van der Waals surface area contributed by atoms with Crippen molar-refractivity contribution in [3.63, 3.8) is 0 Å². The number of hydrogen-bond acceptors (Lipinski definition) is 7. The summed E-state index contributed by atoms with van der Waals surface area (Å²) in [4.78, 5) is 33.8. The summed E-state index contributed by atoms with van der Waals surface area (Å²) in [5.41, 5.74) is -1.64. The first kappa shape index (κ1) is 19.6. The Morgan fingerprint density at radius 1 is 0.955 bits per heavy atom. The summed E-state index contributed by atoms with van der Waals surface area (Å²) in [6, 6.07) is 0. The molecule has 0 atom stereocenters. The summed E-state index contributed by atoms with van der Waals surface area (Å²) < 4.78 is 14.3. The lowest BCUT2D eigenvalue weighted by Crippen LogP contribution is -2.46. The second-order valence-electron chi connectivity index (χ2n) is 4.75. The Morgan fingerprint density at radius 2 is 1.32 bits per heavy atom. The van der Waals surface area contributed by atoms with Crippen LogP contribution in [0.25, 0.3) is 0 Å². The highest BCUT2D eigenvalue weighted by molar-refractivity contribution is 5.87. The molecule has 7 heteroatoms. The van der Waals surface area contributed by atoms with Crippen molar-refractivity contribution >= 4 is 17.9 Å². The largest absolute Gasteiger partial charge is 0.459 e. The van der Waals surface area contributed by atoms with Crippen LogP contribution >= 0.6 is 0 Å². The Labute approximate surface area is 128 Å². The highest BCUT2D eigenvalue weighted by atomic mass is 16.6. The summed E-state index contributed by atoms with van der Waals surface area (Å²) in [5.74, 6) is -2.25. The molecular formula is C15H20O7. The van der Waals surface area contributed by atoms with E-state index >= 15 is 0 Å². The normalized spacial score (nSPS) is 10.3. The van der Waals surface area contributed by atoms with Gasteiger partial charge in [0.05, 0.1) is 0 Å². The molecule has 0 aliphatic rings. The molecule has 0 unspecified atom stereocenters. The standard InChI is InChI=1S/C15H20O7/c1-6-12(16)20-7-15(19,8-21-13(17)10(2)3)9-22-14(18)11(4)5/h6,19H,1-2,4,7-9H2,3,5H3. The summed E-state index contributed by atoms with van der Waals surface area (Å²) >= 11 is 0. The molecule has 0 saturated heterocycles. The van der Waals surface area contributed by atoms with Crippen LogP contribution < -0.4 is 0 Å². The minimum Gasteiger partial charge on any atom is -0.459 e. The number of carbonyl (C=O) groups is 3. The molecule has 0 bridgehead atoms. The third-order valence-corrected chi connectivity index (χ3v) is 2.29. The summed E-state index contributed by atoms with van der Waals surface area (Å²) in [7, 11) is 0. The van der Waals surface area contributed by atoms with E-state index in [1.807, 2.05) is 0 Å². The second-order valence-corrected chi connectivity index (χ2v) is 4.75. The molecule has 22 heavy (non-hydrogen) atoms. The van der Waals surface area contributed by atoms with E-state index in [4.69, 9.17) is 14.2 Å². The fourth-order valence-corrected chi connectivity index (χ4v) is 1.04. The van der Waals surface area contributed by atoms with Gasteiger partial charge in [-0.05, 0) is 13.8 Å². The van der Waals surface area contributed by atoms with E-state index in [0.29, 0.717) is 0 Å². The first-order valence-electron chi connectivity index (χ1n) is 6.28. The van der Waals surface area contributed by atoms with Crippen molar-refractivity contribution in [2.45, 2.75) is 19.4 Å². The number of ether oxygens (including phenoxy) is 3. The highest BCUT2D eigenvalue weighted by Crippen LogP contribution is 2.11. The van der Waals surface area contributed by atoms with Crippen molar-refractivity contribution in [1.82, 2.24) is 0 Å². The SMILES string of the molecule is C=CC(=O)OCC(O)(COC(=O)C(=C)C)COC(=O)C(=C)C. The zero-order chi connectivity index (χ0) is 17.3. The van der Waals surface area contributed by atoms with Gasteiger partial charge in [0.1, 0.15) is 19.8 Å². The lowest BCUT2D eigenvalue weighted by Gasteiger charge is -2.26. The van der Waals surface area contributed by atoms with Crippen LogP contribution in [-0.4, -0.2) is 48.4 Å². The number of rotatable bonds is 9. The van der Waals surface area contributed by atoms with Crippen LogP contribution in [0.15, 0.2) is 37.0 Å². The minimum atomic E-state index is -1.89. The minimum absolute atomic E-state index is 0.129. The molecule has 0 aromatic rings. The molecule has 0 rings (SSSR count). The number of carbonyl (C=O) groups excluding carboxylic acids is 3. The smallest absolute Gasteiger partial charge is 0.333 e. The van der Waals surface area contributed by atoms with E-state index in [9.17, 15) is 19.5 Å². The van der Waals surface area contributed by atoms with Crippen LogP contribution in [0.1, 0.15) is 13.8 Å². The van der Waals surface area contributed by atoms with E-state index in [2.05, 4.69) is 19.7 Å². The summed E-state index contributed by atoms with van der Waals surface area (Å²) in [5, 5.41) is 10.3. The Hall–Kier alpha value is -2.41. The molecule has 0 aliphatic heterocycles. The van der Waals surface area contributed by atoms with Crippen molar-refractivity contribution in [3.8, 4) is 0 Å². The molecule has 7 nitrogen and oxygen atoms in total. The van der Waals surface area contributed by atoms with Gasteiger partial charge in [0.15, 0.2) is 5.60 Å². The summed E-state index contributed by atoms with van der Waals surface area (Å²) in [6.45, 7) is 11.2. The van der Waals surface area contributed by atoms with Gasteiger partial charge in [-0.2, -0.15) is 0 Å². The van der Waals surface area contributed by atoms with Crippen molar-refractivity contribution in [2.75, 3.05) is 19.8 Å². The van der Waals surface area contributed by atoms with Crippen molar-refractivity contribution in [1.29, 1.82) is 0 Å². The van der Waals surface area contributed by atoms with Crippen molar-refractivity contribution < 1.29 is 33.7 Å². The quantitative estimate of drug-likeness (QED) is 0.380. The third kappa shape index (κ3) is 7.39. The maximum absolute atomic E-state index is 11.4. The molecule has 122 valence electrons. The van der Waals surface area contributed by atoms with Gasteiger partial charge >= 0.3 is 17.9 Å². The van der Waals surface area contributed by atoms with Crippen molar-refractivity contribution in [2.24, 2.45) is 0 Å². The van der Waals surface area contributed by atoms with Gasteiger partial charge in [0.2, 0.25) is 0 Å². The predicted molar refractivity (Wildman–Crippen MR) is 77.7 cm³/mol. The Bertz CT molecular complexity index is 460. The third-order valence-electron chi connectivity index (χ3n) is 2.29. The Balaban J connectivity index is 4.79. The highest BCUT2D eigenvalue weighted by Gasteiger charge is 2.33. The molecular weight excluding hydrogens is 292 g/mol. The first-order chi connectivity index (χ1) is 10.1. The molecule has 0 saturated carbocycles. The van der Waals surface area contributed by atoms with Crippen LogP contribution in [0, 0.1) is 0 Å². The first-order valence-corrected chi connectivity index (χ1v) is 6.28. The van der Waals surface area contributed by atoms with E-state index in [1.54, 1.807) is 0 Å². The molecule has 1 N–H and O–H groups in total. The Morgan fingerprint density at radius 3 is 1.64 bits per heavy atom. The molecule has 0 amide bonds. The van der Waals surface area contributed by atoms with E-state index in [0.717, 1.165) is 6.08 Å². The van der Waals surface area contributed by atoms with Crippen LogP contribution in [0.2, 0.25) is 0 Å². The molecule has 0 heterocycles. The van der Waals surface area contributed by atoms with Gasteiger partial charge in [-0.25, -0.2) is 14.4 Å². The molecule has 0 aromatic heterocycles. The molecule has 0 fully saturated rings. The average molecular weight is 312 g/mol. The topological polar surface area (TPSA) is 99.1 Å². The fraction of sp³-hybridized carbons (Fsp3) is 0.400. The van der Waals surface area contributed by atoms with Crippen LogP contribution in [-0.2, 0) is 28.6 Å². The van der Waals surface area contributed by atoms with E-state index in [1.165, 1.54) is 13.8 Å². The van der Waals surface area contributed by atoms with Crippen LogP contribution in [0.4, 0.5) is 0 Å². The average Bonchev–Trinajstić information content (AvgIpc) is 2.47. The lowest BCUT2D eigenvalue weighted by atomic mass is 10.1. The van der Waals surface area contributed by atoms with E-state index in [-0.39, 0.29) is 11.1 Å². The molecule has 0 radical (unpaired) electrons. The molecule has 0 aliphatic carbocycles. The zero-order valence-corrected chi connectivity index (χ0v) is 12.7. The maximum atomic E-state index is 11.4.